The fourth-order valence-corrected chi connectivity index (χ4v) is 6.76. The summed E-state index contributed by atoms with van der Waals surface area (Å²) in [6.07, 6.45) is 3.54. The van der Waals surface area contributed by atoms with Gasteiger partial charge in [0.25, 0.3) is 10.0 Å². The minimum absolute atomic E-state index is 0.197. The van der Waals surface area contributed by atoms with Gasteiger partial charge >= 0.3 is 0 Å². The van der Waals surface area contributed by atoms with Crippen LogP contribution < -0.4 is 14.9 Å². The second-order valence-corrected chi connectivity index (χ2v) is 13.0. The van der Waals surface area contributed by atoms with E-state index in [1.807, 2.05) is 36.5 Å². The number of rotatable bonds is 9. The Morgan fingerprint density at radius 2 is 1.74 bits per heavy atom. The molecule has 0 unspecified atom stereocenters. The average molecular weight is 614 g/mol. The van der Waals surface area contributed by atoms with Crippen LogP contribution in [-0.2, 0) is 14.8 Å². The summed E-state index contributed by atoms with van der Waals surface area (Å²) in [6, 6.07) is 21.3. The van der Waals surface area contributed by atoms with Crippen LogP contribution in [-0.4, -0.2) is 54.7 Å². The summed E-state index contributed by atoms with van der Waals surface area (Å²) in [6.45, 7) is 7.30. The van der Waals surface area contributed by atoms with Crippen molar-refractivity contribution in [2.45, 2.75) is 24.7 Å². The van der Waals surface area contributed by atoms with E-state index in [4.69, 9.17) is 14.7 Å². The topological polar surface area (TPSA) is 122 Å². The molecule has 0 bridgehead atoms. The standard InChI is InChI=1S/C31H31N7O3S2/c1-21(2)30-36-28(22-7-6-8-23(19-22)37-43(39,40)25-9-4-3-5-10-25)29(42-30)26-13-14-32-31(34-26)35-27-12-11-24(20-33-27)38-15-17-41-18-16-38/h3-14,19-21,37H,15-18H2,1-2H3,(H,32,33,34,35). The van der Waals surface area contributed by atoms with E-state index in [1.54, 1.807) is 60.0 Å². The zero-order valence-corrected chi connectivity index (χ0v) is 25.4. The molecule has 2 aromatic carbocycles. The van der Waals surface area contributed by atoms with Crippen LogP contribution in [0.4, 0.5) is 23.1 Å². The first kappa shape index (κ1) is 28.7. The molecule has 0 spiro atoms. The molecule has 1 fully saturated rings. The van der Waals surface area contributed by atoms with Crippen LogP contribution in [0.25, 0.3) is 21.8 Å². The van der Waals surface area contributed by atoms with Gasteiger partial charge in [0, 0.05) is 36.5 Å². The van der Waals surface area contributed by atoms with Gasteiger partial charge in [-0.2, -0.15) is 0 Å². The summed E-state index contributed by atoms with van der Waals surface area (Å²) in [7, 11) is -3.74. The highest BCUT2D eigenvalue weighted by atomic mass is 32.2. The fourth-order valence-electron chi connectivity index (χ4n) is 4.63. The van der Waals surface area contributed by atoms with Gasteiger partial charge in [-0.25, -0.2) is 28.4 Å². The molecule has 220 valence electrons. The lowest BCUT2D eigenvalue weighted by Crippen LogP contribution is -2.36. The van der Waals surface area contributed by atoms with Crippen LogP contribution in [0.3, 0.4) is 0 Å². The lowest BCUT2D eigenvalue weighted by molar-refractivity contribution is 0.122. The number of sulfonamides is 1. The third-order valence-electron chi connectivity index (χ3n) is 6.83. The Hall–Kier alpha value is -4.39. The van der Waals surface area contributed by atoms with E-state index < -0.39 is 10.0 Å². The van der Waals surface area contributed by atoms with Crippen LogP contribution >= 0.6 is 11.3 Å². The van der Waals surface area contributed by atoms with E-state index in [0.29, 0.717) is 36.4 Å². The van der Waals surface area contributed by atoms with Gasteiger partial charge in [0.15, 0.2) is 0 Å². The molecule has 5 aromatic rings. The molecular weight excluding hydrogens is 583 g/mol. The molecule has 4 heterocycles. The molecule has 1 aliphatic rings. The largest absolute Gasteiger partial charge is 0.378 e. The highest BCUT2D eigenvalue weighted by molar-refractivity contribution is 7.92. The lowest BCUT2D eigenvalue weighted by atomic mass is 10.1. The Kier molecular flexibility index (Phi) is 8.32. The Bertz CT molecular complexity index is 1810. The number of benzene rings is 2. The summed E-state index contributed by atoms with van der Waals surface area (Å²) in [4.78, 5) is 22.1. The van der Waals surface area contributed by atoms with Crippen LogP contribution in [0.2, 0.25) is 0 Å². The SMILES string of the molecule is CC(C)c1nc(-c2cccc(NS(=O)(=O)c3ccccc3)c2)c(-c2ccnc(Nc3ccc(N4CCOCC4)cn3)n2)s1. The number of nitrogens with one attached hydrogen (secondary N) is 2. The van der Waals surface area contributed by atoms with Crippen molar-refractivity contribution in [2.24, 2.45) is 0 Å². The summed E-state index contributed by atoms with van der Waals surface area (Å²) >= 11 is 1.56. The molecule has 0 radical (unpaired) electrons. The molecule has 0 saturated carbocycles. The number of ether oxygens (including phenoxy) is 1. The molecule has 2 N–H and O–H groups in total. The van der Waals surface area contributed by atoms with Crippen molar-refractivity contribution in [1.82, 2.24) is 19.9 Å². The number of pyridine rings is 1. The zero-order valence-electron chi connectivity index (χ0n) is 23.8. The highest BCUT2D eigenvalue weighted by Gasteiger charge is 2.20. The Morgan fingerprint density at radius 1 is 0.930 bits per heavy atom. The van der Waals surface area contributed by atoms with Gasteiger partial charge in [-0.1, -0.05) is 44.2 Å². The quantitative estimate of drug-likeness (QED) is 0.201. The molecule has 12 heteroatoms. The zero-order chi connectivity index (χ0) is 29.8. The van der Waals surface area contributed by atoms with Gasteiger partial charge in [0.2, 0.25) is 5.95 Å². The number of hydrogen-bond donors (Lipinski definition) is 2. The van der Waals surface area contributed by atoms with Crippen molar-refractivity contribution in [3.63, 3.8) is 0 Å². The van der Waals surface area contributed by atoms with Crippen molar-refractivity contribution < 1.29 is 13.2 Å². The van der Waals surface area contributed by atoms with E-state index in [1.165, 1.54) is 0 Å². The van der Waals surface area contributed by atoms with Gasteiger partial charge in [-0.05, 0) is 42.5 Å². The van der Waals surface area contributed by atoms with Crippen molar-refractivity contribution >= 4 is 44.5 Å². The maximum atomic E-state index is 13.0. The van der Waals surface area contributed by atoms with E-state index in [-0.39, 0.29) is 10.8 Å². The van der Waals surface area contributed by atoms with Crippen molar-refractivity contribution in [1.29, 1.82) is 0 Å². The normalized spacial score (nSPS) is 13.7. The third kappa shape index (κ3) is 6.66. The minimum Gasteiger partial charge on any atom is -0.378 e. The van der Waals surface area contributed by atoms with Gasteiger partial charge in [-0.15, -0.1) is 11.3 Å². The van der Waals surface area contributed by atoms with Crippen LogP contribution in [0.1, 0.15) is 24.8 Å². The third-order valence-corrected chi connectivity index (χ3v) is 9.61. The minimum atomic E-state index is -3.74. The molecule has 0 atom stereocenters. The van der Waals surface area contributed by atoms with Crippen molar-refractivity contribution in [2.75, 3.05) is 41.2 Å². The average Bonchev–Trinajstić information content (AvgIpc) is 3.49. The first-order valence-electron chi connectivity index (χ1n) is 13.9. The number of aromatic nitrogens is 4. The fraction of sp³-hybridized carbons (Fsp3) is 0.226. The Morgan fingerprint density at radius 3 is 2.49 bits per heavy atom. The van der Waals surface area contributed by atoms with Gasteiger partial charge in [0.05, 0.1) is 51.3 Å². The molecule has 3 aromatic heterocycles. The molecule has 6 rings (SSSR count). The van der Waals surface area contributed by atoms with Gasteiger partial charge < -0.3 is 15.0 Å². The lowest BCUT2D eigenvalue weighted by Gasteiger charge is -2.28. The number of thiazole rings is 1. The smallest absolute Gasteiger partial charge is 0.261 e. The van der Waals surface area contributed by atoms with Gasteiger partial charge in [0.1, 0.15) is 5.82 Å². The van der Waals surface area contributed by atoms with Crippen LogP contribution in [0.5, 0.6) is 0 Å². The monoisotopic (exact) mass is 613 g/mol. The maximum absolute atomic E-state index is 13.0. The predicted molar refractivity (Wildman–Crippen MR) is 170 cm³/mol. The van der Waals surface area contributed by atoms with Crippen molar-refractivity contribution in [3.05, 3.63) is 90.2 Å². The van der Waals surface area contributed by atoms with Crippen LogP contribution in [0, 0.1) is 0 Å². The first-order valence-corrected chi connectivity index (χ1v) is 16.2. The first-order chi connectivity index (χ1) is 20.9. The number of anilines is 4. The van der Waals surface area contributed by atoms with Crippen molar-refractivity contribution in [3.8, 4) is 21.8 Å². The second kappa shape index (κ2) is 12.5. The Labute approximate surface area is 254 Å². The molecule has 0 amide bonds. The summed E-state index contributed by atoms with van der Waals surface area (Å²) in [5.41, 5.74) is 3.71. The molecule has 1 aliphatic heterocycles. The van der Waals surface area contributed by atoms with E-state index >= 15 is 0 Å². The second-order valence-electron chi connectivity index (χ2n) is 10.3. The number of hydrogen-bond acceptors (Lipinski definition) is 10. The molecule has 43 heavy (non-hydrogen) atoms. The number of nitrogens with zero attached hydrogens (tertiary/aromatic N) is 5. The number of morpholine rings is 1. The van der Waals surface area contributed by atoms with E-state index in [9.17, 15) is 8.42 Å². The molecular formula is C31H31N7O3S2. The molecule has 1 saturated heterocycles. The summed E-state index contributed by atoms with van der Waals surface area (Å²) < 4.78 is 34.0. The van der Waals surface area contributed by atoms with E-state index in [0.717, 1.165) is 39.9 Å². The Balaban J connectivity index is 1.27. The molecule has 0 aliphatic carbocycles. The van der Waals surface area contributed by atoms with Gasteiger partial charge in [-0.3, -0.25) is 4.72 Å². The summed E-state index contributed by atoms with van der Waals surface area (Å²) in [5.74, 6) is 1.25. The summed E-state index contributed by atoms with van der Waals surface area (Å²) in [5, 5.41) is 4.17. The maximum Gasteiger partial charge on any atom is 0.261 e. The van der Waals surface area contributed by atoms with E-state index in [2.05, 4.69) is 38.8 Å². The highest BCUT2D eigenvalue weighted by Crippen LogP contribution is 2.39. The van der Waals surface area contributed by atoms with Crippen LogP contribution in [0.15, 0.2) is 90.1 Å². The predicted octanol–water partition coefficient (Wildman–Crippen LogP) is 6.17. The molecule has 10 nitrogen and oxygen atoms in total.